The summed E-state index contributed by atoms with van der Waals surface area (Å²) in [5.41, 5.74) is 0.391. The monoisotopic (exact) mass is 200 g/mol. The molecule has 0 saturated carbocycles. The number of carboxylic acid groups (broad SMARTS) is 1. The summed E-state index contributed by atoms with van der Waals surface area (Å²) in [5.74, 6) is -3.82. The molecule has 0 fully saturated rings. The summed E-state index contributed by atoms with van der Waals surface area (Å²) in [5, 5.41) is 8.67. The van der Waals surface area contributed by atoms with Crippen molar-refractivity contribution in [2.24, 2.45) is 0 Å². The minimum atomic E-state index is -1.06. The average molecular weight is 200 g/mol. The number of halogens is 2. The van der Waals surface area contributed by atoms with Gasteiger partial charge in [-0.05, 0) is 31.0 Å². The molecule has 0 radical (unpaired) electrons. The molecular formula is C10H10F2O2. The van der Waals surface area contributed by atoms with Crippen LogP contribution in [0.15, 0.2) is 12.1 Å². The van der Waals surface area contributed by atoms with Crippen molar-refractivity contribution in [1.82, 2.24) is 0 Å². The standard InChI is InChI=1S/C10H10F2O2/c1-5-3-7(6(2)10(13)14)4-8(11)9(5)12/h3-4,6H,1-2H3,(H,13,14). The molecule has 0 amide bonds. The molecule has 1 unspecified atom stereocenters. The van der Waals surface area contributed by atoms with E-state index >= 15 is 0 Å². The summed E-state index contributed by atoms with van der Waals surface area (Å²) in [6.07, 6.45) is 0. The van der Waals surface area contributed by atoms with E-state index in [1.165, 1.54) is 19.9 Å². The topological polar surface area (TPSA) is 37.3 Å². The first-order valence-corrected chi connectivity index (χ1v) is 4.12. The molecule has 4 heteroatoms. The Morgan fingerprint density at radius 3 is 2.43 bits per heavy atom. The Bertz CT molecular complexity index is 351. The van der Waals surface area contributed by atoms with Gasteiger partial charge in [0.15, 0.2) is 11.6 Å². The fourth-order valence-corrected chi connectivity index (χ4v) is 1.15. The Balaban J connectivity index is 3.19. The van der Waals surface area contributed by atoms with Gasteiger partial charge in [0.25, 0.3) is 0 Å². The average Bonchev–Trinajstić information content (AvgIpc) is 2.12. The molecule has 1 rings (SSSR count). The van der Waals surface area contributed by atoms with Gasteiger partial charge >= 0.3 is 5.97 Å². The van der Waals surface area contributed by atoms with Crippen LogP contribution >= 0.6 is 0 Å². The molecule has 1 atom stereocenters. The van der Waals surface area contributed by atoms with Gasteiger partial charge in [0.2, 0.25) is 0 Å². The number of aliphatic carboxylic acids is 1. The molecule has 0 saturated heterocycles. The fraction of sp³-hybridized carbons (Fsp3) is 0.300. The van der Waals surface area contributed by atoms with Crippen molar-refractivity contribution in [2.45, 2.75) is 19.8 Å². The van der Waals surface area contributed by atoms with Gasteiger partial charge in [0.1, 0.15) is 0 Å². The van der Waals surface area contributed by atoms with Crippen LogP contribution in [0, 0.1) is 18.6 Å². The zero-order valence-corrected chi connectivity index (χ0v) is 7.84. The van der Waals surface area contributed by atoms with Gasteiger partial charge in [0.05, 0.1) is 5.92 Å². The fourth-order valence-electron chi connectivity index (χ4n) is 1.15. The number of hydrogen-bond donors (Lipinski definition) is 1. The first kappa shape index (κ1) is 10.6. The Morgan fingerprint density at radius 1 is 1.43 bits per heavy atom. The third-order valence-electron chi connectivity index (χ3n) is 2.10. The molecule has 0 heterocycles. The molecule has 1 aromatic rings. The van der Waals surface area contributed by atoms with Crippen molar-refractivity contribution in [1.29, 1.82) is 0 Å². The predicted molar refractivity (Wildman–Crippen MR) is 47.1 cm³/mol. The van der Waals surface area contributed by atoms with Crippen molar-refractivity contribution >= 4 is 5.97 Å². The first-order chi connectivity index (χ1) is 6.43. The molecule has 1 N–H and O–H groups in total. The minimum Gasteiger partial charge on any atom is -0.481 e. The maximum absolute atomic E-state index is 12.9. The number of carboxylic acids is 1. The lowest BCUT2D eigenvalue weighted by molar-refractivity contribution is -0.138. The molecule has 0 aromatic heterocycles. The van der Waals surface area contributed by atoms with Crippen LogP contribution in [0.5, 0.6) is 0 Å². The van der Waals surface area contributed by atoms with E-state index in [4.69, 9.17) is 5.11 Å². The van der Waals surface area contributed by atoms with Crippen LogP contribution in [-0.4, -0.2) is 11.1 Å². The summed E-state index contributed by atoms with van der Waals surface area (Å²) < 4.78 is 25.7. The summed E-state index contributed by atoms with van der Waals surface area (Å²) in [4.78, 5) is 10.6. The van der Waals surface area contributed by atoms with Crippen LogP contribution in [0.25, 0.3) is 0 Å². The van der Waals surface area contributed by atoms with Crippen LogP contribution in [0.3, 0.4) is 0 Å². The van der Waals surface area contributed by atoms with E-state index in [2.05, 4.69) is 0 Å². The number of aryl methyl sites for hydroxylation is 1. The summed E-state index contributed by atoms with van der Waals surface area (Å²) in [7, 11) is 0. The molecular weight excluding hydrogens is 190 g/mol. The quantitative estimate of drug-likeness (QED) is 0.796. The van der Waals surface area contributed by atoms with Crippen molar-refractivity contribution in [3.05, 3.63) is 34.9 Å². The van der Waals surface area contributed by atoms with Gasteiger partial charge in [0, 0.05) is 0 Å². The van der Waals surface area contributed by atoms with E-state index < -0.39 is 23.5 Å². The van der Waals surface area contributed by atoms with Crippen molar-refractivity contribution in [2.75, 3.05) is 0 Å². The summed E-state index contributed by atoms with van der Waals surface area (Å²) >= 11 is 0. The highest BCUT2D eigenvalue weighted by Crippen LogP contribution is 2.21. The smallest absolute Gasteiger partial charge is 0.310 e. The number of carbonyl (C=O) groups is 1. The van der Waals surface area contributed by atoms with Gasteiger partial charge in [-0.15, -0.1) is 0 Å². The lowest BCUT2D eigenvalue weighted by Crippen LogP contribution is -2.08. The lowest BCUT2D eigenvalue weighted by atomic mass is 9.99. The van der Waals surface area contributed by atoms with E-state index in [0.29, 0.717) is 0 Å². The van der Waals surface area contributed by atoms with E-state index in [0.717, 1.165) is 6.07 Å². The molecule has 0 bridgehead atoms. The normalized spacial score (nSPS) is 12.6. The second-order valence-electron chi connectivity index (χ2n) is 3.19. The van der Waals surface area contributed by atoms with Crippen LogP contribution in [0.1, 0.15) is 24.0 Å². The van der Waals surface area contributed by atoms with Gasteiger partial charge in [-0.2, -0.15) is 0 Å². The third-order valence-corrected chi connectivity index (χ3v) is 2.10. The second-order valence-corrected chi connectivity index (χ2v) is 3.19. The Labute approximate surface area is 80.2 Å². The lowest BCUT2D eigenvalue weighted by Gasteiger charge is -2.08. The minimum absolute atomic E-state index is 0.119. The summed E-state index contributed by atoms with van der Waals surface area (Å²) in [6, 6.07) is 2.26. The molecule has 0 aliphatic carbocycles. The Morgan fingerprint density at radius 2 is 2.00 bits per heavy atom. The molecule has 14 heavy (non-hydrogen) atoms. The number of rotatable bonds is 2. The van der Waals surface area contributed by atoms with E-state index in [1.54, 1.807) is 0 Å². The molecule has 2 nitrogen and oxygen atoms in total. The van der Waals surface area contributed by atoms with Crippen LogP contribution in [0.4, 0.5) is 8.78 Å². The van der Waals surface area contributed by atoms with Gasteiger partial charge in [-0.25, -0.2) is 8.78 Å². The largest absolute Gasteiger partial charge is 0.481 e. The van der Waals surface area contributed by atoms with E-state index in [-0.39, 0.29) is 11.1 Å². The SMILES string of the molecule is Cc1cc(C(C)C(=O)O)cc(F)c1F. The Hall–Kier alpha value is -1.45. The van der Waals surface area contributed by atoms with Gasteiger partial charge < -0.3 is 5.11 Å². The molecule has 0 aliphatic rings. The Kier molecular flexibility index (Phi) is 2.84. The zero-order valence-electron chi connectivity index (χ0n) is 7.84. The highest BCUT2D eigenvalue weighted by atomic mass is 19.2. The zero-order chi connectivity index (χ0) is 10.9. The van der Waals surface area contributed by atoms with Crippen LogP contribution < -0.4 is 0 Å². The maximum atomic E-state index is 12.9. The van der Waals surface area contributed by atoms with Gasteiger partial charge in [-0.3, -0.25) is 4.79 Å². The highest BCUT2D eigenvalue weighted by molar-refractivity contribution is 5.75. The molecule has 1 aromatic carbocycles. The van der Waals surface area contributed by atoms with Crippen LogP contribution in [-0.2, 0) is 4.79 Å². The van der Waals surface area contributed by atoms with E-state index in [9.17, 15) is 13.6 Å². The molecule has 76 valence electrons. The van der Waals surface area contributed by atoms with Crippen molar-refractivity contribution in [3.63, 3.8) is 0 Å². The first-order valence-electron chi connectivity index (χ1n) is 4.12. The highest BCUT2D eigenvalue weighted by Gasteiger charge is 2.17. The summed E-state index contributed by atoms with van der Waals surface area (Å²) in [6.45, 7) is 2.82. The maximum Gasteiger partial charge on any atom is 0.310 e. The van der Waals surface area contributed by atoms with Gasteiger partial charge in [-0.1, -0.05) is 6.07 Å². The van der Waals surface area contributed by atoms with Crippen LogP contribution in [0.2, 0.25) is 0 Å². The van der Waals surface area contributed by atoms with Crippen molar-refractivity contribution in [3.8, 4) is 0 Å². The number of hydrogen-bond acceptors (Lipinski definition) is 1. The predicted octanol–water partition coefficient (Wildman–Crippen LogP) is 2.46. The second kappa shape index (κ2) is 3.74. The molecule has 0 spiro atoms. The van der Waals surface area contributed by atoms with E-state index in [1.807, 2.05) is 0 Å². The molecule has 0 aliphatic heterocycles. The van der Waals surface area contributed by atoms with Crippen molar-refractivity contribution < 1.29 is 18.7 Å². The number of benzene rings is 1. The third kappa shape index (κ3) is 1.89.